The highest BCUT2D eigenvalue weighted by Gasteiger charge is 2.10. The topological polar surface area (TPSA) is 55.8 Å². The summed E-state index contributed by atoms with van der Waals surface area (Å²) in [6.07, 6.45) is 0.512. The van der Waals surface area contributed by atoms with E-state index < -0.39 is 5.97 Å². The number of halogens is 1. The molecule has 0 saturated heterocycles. The first-order chi connectivity index (χ1) is 7.58. The molecule has 0 atom stereocenters. The van der Waals surface area contributed by atoms with Crippen LogP contribution in [0.1, 0.15) is 12.0 Å². The lowest BCUT2D eigenvalue weighted by Gasteiger charge is -2.11. The molecule has 0 radical (unpaired) electrons. The molecule has 1 aromatic rings. The van der Waals surface area contributed by atoms with Crippen molar-refractivity contribution in [1.82, 2.24) is 0 Å². The second kappa shape index (κ2) is 5.75. The molecule has 1 rings (SSSR count). The van der Waals surface area contributed by atoms with Crippen LogP contribution in [0, 0.1) is 0 Å². The van der Waals surface area contributed by atoms with Crippen molar-refractivity contribution in [3.8, 4) is 11.5 Å². The number of benzene rings is 1. The molecule has 0 heterocycles. The summed E-state index contributed by atoms with van der Waals surface area (Å²) in [6.45, 7) is 0. The summed E-state index contributed by atoms with van der Waals surface area (Å²) in [4.78, 5) is 10.5. The van der Waals surface area contributed by atoms with Crippen LogP contribution in [0.5, 0.6) is 11.5 Å². The number of ether oxygens (including phenoxy) is 2. The first-order valence-corrected chi connectivity index (χ1v) is 5.50. The number of carbonyl (C=O) groups is 1. The summed E-state index contributed by atoms with van der Waals surface area (Å²) in [7, 11) is 3.12. The molecule has 1 aromatic carbocycles. The van der Waals surface area contributed by atoms with Crippen molar-refractivity contribution >= 4 is 21.9 Å². The Morgan fingerprint density at radius 1 is 1.38 bits per heavy atom. The number of hydrogen-bond donors (Lipinski definition) is 1. The van der Waals surface area contributed by atoms with Gasteiger partial charge in [-0.05, 0) is 34.0 Å². The van der Waals surface area contributed by atoms with Gasteiger partial charge in [-0.25, -0.2) is 0 Å². The molecule has 0 bridgehead atoms. The number of carboxylic acid groups (broad SMARTS) is 1. The lowest BCUT2D eigenvalue weighted by atomic mass is 10.1. The normalized spacial score (nSPS) is 9.94. The molecule has 88 valence electrons. The first-order valence-electron chi connectivity index (χ1n) is 4.70. The van der Waals surface area contributed by atoms with E-state index in [2.05, 4.69) is 15.9 Å². The Kier molecular flexibility index (Phi) is 4.61. The first kappa shape index (κ1) is 12.8. The molecule has 0 aliphatic carbocycles. The molecular weight excluding hydrogens is 276 g/mol. The average Bonchev–Trinajstić information content (AvgIpc) is 2.27. The lowest BCUT2D eigenvalue weighted by Crippen LogP contribution is -1.99. The van der Waals surface area contributed by atoms with E-state index in [0.717, 1.165) is 10.0 Å². The third kappa shape index (κ3) is 3.13. The molecule has 0 fully saturated rings. The number of carboxylic acids is 1. The molecule has 0 unspecified atom stereocenters. The Labute approximate surface area is 102 Å². The summed E-state index contributed by atoms with van der Waals surface area (Å²) in [5, 5.41) is 8.64. The Morgan fingerprint density at radius 3 is 2.56 bits per heavy atom. The molecule has 1 N–H and O–H groups in total. The van der Waals surface area contributed by atoms with Gasteiger partial charge in [-0.3, -0.25) is 4.79 Å². The van der Waals surface area contributed by atoms with Crippen molar-refractivity contribution in [3.05, 3.63) is 22.2 Å². The highest BCUT2D eigenvalue weighted by atomic mass is 79.9. The largest absolute Gasteiger partial charge is 0.497 e. The van der Waals surface area contributed by atoms with Crippen molar-refractivity contribution < 1.29 is 19.4 Å². The fourth-order valence-electron chi connectivity index (χ4n) is 1.32. The number of aliphatic carboxylic acids is 1. The molecule has 0 spiro atoms. The summed E-state index contributed by atoms with van der Waals surface area (Å²) in [5.41, 5.74) is 0.860. The van der Waals surface area contributed by atoms with Crippen LogP contribution in [0.4, 0.5) is 0 Å². The minimum atomic E-state index is -0.825. The minimum absolute atomic E-state index is 0.0783. The second-order valence-electron chi connectivity index (χ2n) is 3.20. The van der Waals surface area contributed by atoms with Gasteiger partial charge >= 0.3 is 5.97 Å². The number of aryl methyl sites for hydroxylation is 1. The standard InChI is InChI=1S/C11H13BrO4/c1-15-8-5-7(3-4-10(13)14)11(12)9(6-8)16-2/h5-6H,3-4H2,1-2H3,(H,13,14). The van der Waals surface area contributed by atoms with Gasteiger partial charge in [0.1, 0.15) is 11.5 Å². The van der Waals surface area contributed by atoms with Gasteiger partial charge in [0.25, 0.3) is 0 Å². The Morgan fingerprint density at radius 2 is 2.06 bits per heavy atom. The smallest absolute Gasteiger partial charge is 0.303 e. The van der Waals surface area contributed by atoms with E-state index in [0.29, 0.717) is 17.9 Å². The lowest BCUT2D eigenvalue weighted by molar-refractivity contribution is -0.136. The molecule has 0 saturated carbocycles. The summed E-state index contributed by atoms with van der Waals surface area (Å²) >= 11 is 3.38. The van der Waals surface area contributed by atoms with Crippen LogP contribution in [-0.2, 0) is 11.2 Å². The van der Waals surface area contributed by atoms with Crippen molar-refractivity contribution in [2.75, 3.05) is 14.2 Å². The monoisotopic (exact) mass is 288 g/mol. The van der Waals surface area contributed by atoms with Gasteiger partial charge in [0.15, 0.2) is 0 Å². The highest BCUT2D eigenvalue weighted by Crippen LogP contribution is 2.33. The van der Waals surface area contributed by atoms with Gasteiger partial charge in [-0.15, -0.1) is 0 Å². The zero-order valence-corrected chi connectivity index (χ0v) is 10.7. The van der Waals surface area contributed by atoms with Crippen molar-refractivity contribution in [2.45, 2.75) is 12.8 Å². The molecule has 0 aliphatic heterocycles. The summed E-state index contributed by atoms with van der Waals surface area (Å²) < 4.78 is 11.0. The van der Waals surface area contributed by atoms with Gasteiger partial charge in [0.2, 0.25) is 0 Å². The number of rotatable bonds is 5. The molecule has 0 aromatic heterocycles. The van der Waals surface area contributed by atoms with Crippen LogP contribution in [0.2, 0.25) is 0 Å². The van der Waals surface area contributed by atoms with E-state index in [1.165, 1.54) is 0 Å². The van der Waals surface area contributed by atoms with Crippen molar-refractivity contribution in [3.63, 3.8) is 0 Å². The molecule has 0 aliphatic rings. The molecule has 4 nitrogen and oxygen atoms in total. The number of methoxy groups -OCH3 is 2. The second-order valence-corrected chi connectivity index (χ2v) is 3.99. The summed E-state index contributed by atoms with van der Waals surface area (Å²) in [5.74, 6) is 0.467. The van der Waals surface area contributed by atoms with Gasteiger partial charge in [-0.2, -0.15) is 0 Å². The van der Waals surface area contributed by atoms with Crippen LogP contribution >= 0.6 is 15.9 Å². The SMILES string of the molecule is COc1cc(CCC(=O)O)c(Br)c(OC)c1. The predicted molar refractivity (Wildman–Crippen MR) is 63.2 cm³/mol. The third-order valence-corrected chi connectivity index (χ3v) is 3.05. The van der Waals surface area contributed by atoms with Crippen LogP contribution in [0.25, 0.3) is 0 Å². The number of hydrogen-bond acceptors (Lipinski definition) is 3. The molecule has 0 amide bonds. The van der Waals surface area contributed by atoms with E-state index >= 15 is 0 Å². The maximum Gasteiger partial charge on any atom is 0.303 e. The van der Waals surface area contributed by atoms with Crippen LogP contribution in [0.3, 0.4) is 0 Å². The Hall–Kier alpha value is -1.23. The summed E-state index contributed by atoms with van der Waals surface area (Å²) in [6, 6.07) is 3.55. The fraction of sp³-hybridized carbons (Fsp3) is 0.364. The van der Waals surface area contributed by atoms with Crippen molar-refractivity contribution in [2.24, 2.45) is 0 Å². The van der Waals surface area contributed by atoms with Gasteiger partial charge < -0.3 is 14.6 Å². The van der Waals surface area contributed by atoms with E-state index in [9.17, 15) is 4.79 Å². The molecule has 5 heteroatoms. The van der Waals surface area contributed by atoms with E-state index in [-0.39, 0.29) is 6.42 Å². The van der Waals surface area contributed by atoms with Gasteiger partial charge in [0, 0.05) is 12.5 Å². The predicted octanol–water partition coefficient (Wildman–Crippen LogP) is 2.48. The zero-order valence-electron chi connectivity index (χ0n) is 9.12. The highest BCUT2D eigenvalue weighted by molar-refractivity contribution is 9.10. The molecule has 16 heavy (non-hydrogen) atoms. The van der Waals surface area contributed by atoms with E-state index in [1.807, 2.05) is 0 Å². The van der Waals surface area contributed by atoms with E-state index in [4.69, 9.17) is 14.6 Å². The maximum absolute atomic E-state index is 10.5. The minimum Gasteiger partial charge on any atom is -0.497 e. The van der Waals surface area contributed by atoms with Crippen LogP contribution in [0.15, 0.2) is 16.6 Å². The van der Waals surface area contributed by atoms with Gasteiger partial charge in [-0.1, -0.05) is 0 Å². The Bertz CT molecular complexity index is 390. The van der Waals surface area contributed by atoms with Crippen LogP contribution in [-0.4, -0.2) is 25.3 Å². The Balaban J connectivity index is 3.01. The zero-order chi connectivity index (χ0) is 12.1. The van der Waals surface area contributed by atoms with Crippen LogP contribution < -0.4 is 9.47 Å². The average molecular weight is 289 g/mol. The molecular formula is C11H13BrO4. The fourth-order valence-corrected chi connectivity index (χ4v) is 1.91. The quantitative estimate of drug-likeness (QED) is 0.904. The van der Waals surface area contributed by atoms with Crippen molar-refractivity contribution in [1.29, 1.82) is 0 Å². The maximum atomic E-state index is 10.5. The van der Waals surface area contributed by atoms with E-state index in [1.54, 1.807) is 26.4 Å². The van der Waals surface area contributed by atoms with Gasteiger partial charge in [0.05, 0.1) is 18.7 Å². The third-order valence-electron chi connectivity index (χ3n) is 2.15.